The smallest absolute Gasteiger partial charge is 0.203 e. The van der Waals surface area contributed by atoms with E-state index in [2.05, 4.69) is 31.9 Å². The molecule has 0 radical (unpaired) electrons. The molecule has 1 aliphatic heterocycles. The van der Waals surface area contributed by atoms with Gasteiger partial charge in [-0.25, -0.2) is 4.98 Å². The normalized spacial score (nSPS) is 19.1. The molecule has 1 atom stereocenters. The Morgan fingerprint density at radius 2 is 2.10 bits per heavy atom. The fourth-order valence-corrected chi connectivity index (χ4v) is 4.22. The zero-order valence-corrected chi connectivity index (χ0v) is 18.2. The van der Waals surface area contributed by atoms with Gasteiger partial charge < -0.3 is 19.7 Å². The third kappa shape index (κ3) is 4.96. The van der Waals surface area contributed by atoms with E-state index in [1.807, 2.05) is 13.0 Å². The lowest BCUT2D eigenvalue weighted by atomic mass is 9.98. The van der Waals surface area contributed by atoms with Crippen molar-refractivity contribution in [3.63, 3.8) is 0 Å². The molecule has 2 aromatic rings. The Hall–Kier alpha value is -2.09. The highest BCUT2D eigenvalue weighted by molar-refractivity contribution is 6.18. The molecule has 2 aromatic heterocycles. The molecule has 0 amide bonds. The third-order valence-electron chi connectivity index (χ3n) is 5.72. The van der Waals surface area contributed by atoms with Crippen molar-refractivity contribution < 1.29 is 9.84 Å². The lowest BCUT2D eigenvalue weighted by Gasteiger charge is -2.26. The zero-order valence-electron chi connectivity index (χ0n) is 17.5. The van der Waals surface area contributed by atoms with Crippen LogP contribution in [0.5, 0.6) is 5.75 Å². The van der Waals surface area contributed by atoms with E-state index in [4.69, 9.17) is 21.3 Å². The number of fused-ring (bicyclic) bond motifs is 1. The van der Waals surface area contributed by atoms with Crippen molar-refractivity contribution in [1.82, 2.24) is 19.4 Å². The second-order valence-electron chi connectivity index (χ2n) is 7.98. The number of aromatic nitrogens is 3. The Balaban J connectivity index is 1.50. The molecule has 30 heavy (non-hydrogen) atoms. The standard InChI is InChI=1S/C22H30ClN5O2/c1-16-3-6-21(29)19(25-16)15-28-20-13-17(14-23)4-5-18(20)26-22(28)24-7-2-8-27-9-11-30-12-10-27/h3-6,17,29H,2,7-15H2,1H3,(H,24,26). The predicted octanol–water partition coefficient (Wildman–Crippen LogP) is 2.90. The van der Waals surface area contributed by atoms with E-state index in [1.165, 1.54) is 0 Å². The molecular formula is C22H30ClN5O2. The molecule has 1 unspecified atom stereocenters. The van der Waals surface area contributed by atoms with Crippen LogP contribution in [0.15, 0.2) is 18.2 Å². The summed E-state index contributed by atoms with van der Waals surface area (Å²) in [5.74, 6) is 1.91. The van der Waals surface area contributed by atoms with Crippen molar-refractivity contribution in [3.8, 4) is 5.75 Å². The Bertz CT molecular complexity index is 892. The van der Waals surface area contributed by atoms with Crippen LogP contribution < -0.4 is 5.32 Å². The van der Waals surface area contributed by atoms with Gasteiger partial charge in [-0.05, 0) is 50.4 Å². The van der Waals surface area contributed by atoms with Crippen molar-refractivity contribution in [3.05, 3.63) is 41.0 Å². The average Bonchev–Trinajstić information content (AvgIpc) is 3.11. The third-order valence-corrected chi connectivity index (χ3v) is 6.12. The Morgan fingerprint density at radius 1 is 1.27 bits per heavy atom. The summed E-state index contributed by atoms with van der Waals surface area (Å²) in [7, 11) is 0. The highest BCUT2D eigenvalue weighted by atomic mass is 35.5. The van der Waals surface area contributed by atoms with Gasteiger partial charge in [-0.1, -0.05) is 6.08 Å². The molecule has 1 saturated heterocycles. The molecule has 2 aliphatic rings. The van der Waals surface area contributed by atoms with Gasteiger partial charge in [0.1, 0.15) is 11.4 Å². The minimum atomic E-state index is 0.210. The van der Waals surface area contributed by atoms with Gasteiger partial charge in [0.25, 0.3) is 0 Å². The number of aromatic hydroxyl groups is 1. The number of halogens is 1. The van der Waals surface area contributed by atoms with E-state index >= 15 is 0 Å². The second kappa shape index (κ2) is 9.81. The first-order valence-electron chi connectivity index (χ1n) is 10.7. The van der Waals surface area contributed by atoms with Gasteiger partial charge in [-0.3, -0.25) is 9.88 Å². The number of hydrogen-bond acceptors (Lipinski definition) is 6. The molecule has 162 valence electrons. The van der Waals surface area contributed by atoms with E-state index in [0.29, 0.717) is 24.0 Å². The molecule has 0 aromatic carbocycles. The molecule has 4 rings (SSSR count). The van der Waals surface area contributed by atoms with E-state index in [1.54, 1.807) is 6.07 Å². The van der Waals surface area contributed by atoms with Gasteiger partial charge in [0.2, 0.25) is 5.95 Å². The number of imidazole rings is 1. The molecule has 0 saturated carbocycles. The fourth-order valence-electron chi connectivity index (χ4n) is 4.01. The maximum absolute atomic E-state index is 10.3. The van der Waals surface area contributed by atoms with Crippen LogP contribution in [0.2, 0.25) is 0 Å². The molecule has 2 N–H and O–H groups in total. The Kier molecular flexibility index (Phi) is 6.92. The first kappa shape index (κ1) is 21.2. The molecule has 0 bridgehead atoms. The van der Waals surface area contributed by atoms with Crippen LogP contribution in [0, 0.1) is 12.8 Å². The molecule has 1 fully saturated rings. The molecule has 3 heterocycles. The van der Waals surface area contributed by atoms with Crippen LogP contribution in [0.3, 0.4) is 0 Å². The van der Waals surface area contributed by atoms with Gasteiger partial charge in [-0.15, -0.1) is 11.6 Å². The van der Waals surface area contributed by atoms with Crippen LogP contribution in [0.25, 0.3) is 6.08 Å². The highest BCUT2D eigenvalue weighted by Crippen LogP contribution is 2.29. The number of hydrogen-bond donors (Lipinski definition) is 2. The number of rotatable bonds is 8. The maximum Gasteiger partial charge on any atom is 0.203 e. The van der Waals surface area contributed by atoms with Crippen LogP contribution in [-0.2, 0) is 17.7 Å². The zero-order chi connectivity index (χ0) is 20.9. The van der Waals surface area contributed by atoms with Crippen molar-refractivity contribution >= 4 is 23.6 Å². The number of ether oxygens (including phenoxy) is 1. The van der Waals surface area contributed by atoms with Gasteiger partial charge in [0.05, 0.1) is 25.5 Å². The molecule has 0 spiro atoms. The van der Waals surface area contributed by atoms with Crippen molar-refractivity contribution in [2.24, 2.45) is 5.92 Å². The number of aryl methyl sites for hydroxylation is 1. The quantitative estimate of drug-likeness (QED) is 0.494. The maximum atomic E-state index is 10.3. The van der Waals surface area contributed by atoms with Crippen LogP contribution >= 0.6 is 11.6 Å². The summed E-state index contributed by atoms with van der Waals surface area (Å²) in [5, 5.41) is 13.8. The van der Waals surface area contributed by atoms with Crippen molar-refractivity contribution in [1.29, 1.82) is 0 Å². The summed E-state index contributed by atoms with van der Waals surface area (Å²) >= 11 is 6.13. The minimum absolute atomic E-state index is 0.210. The largest absolute Gasteiger partial charge is 0.506 e. The topological polar surface area (TPSA) is 75.4 Å². The number of pyridine rings is 1. The summed E-state index contributed by atoms with van der Waals surface area (Å²) in [6, 6.07) is 3.53. The number of morpholine rings is 1. The van der Waals surface area contributed by atoms with E-state index in [0.717, 1.165) is 75.3 Å². The van der Waals surface area contributed by atoms with Crippen LogP contribution in [-0.4, -0.2) is 69.8 Å². The Morgan fingerprint density at radius 3 is 2.90 bits per heavy atom. The number of nitrogens with one attached hydrogen (secondary N) is 1. The molecule has 7 nitrogen and oxygen atoms in total. The van der Waals surface area contributed by atoms with Gasteiger partial charge >= 0.3 is 0 Å². The fraction of sp³-hybridized carbons (Fsp3) is 0.545. The monoisotopic (exact) mass is 431 g/mol. The van der Waals surface area contributed by atoms with E-state index < -0.39 is 0 Å². The van der Waals surface area contributed by atoms with E-state index in [9.17, 15) is 5.11 Å². The van der Waals surface area contributed by atoms with Crippen LogP contribution in [0.1, 0.15) is 29.2 Å². The number of nitrogens with zero attached hydrogens (tertiary/aromatic N) is 4. The summed E-state index contributed by atoms with van der Waals surface area (Å²) < 4.78 is 7.56. The first-order valence-corrected chi connectivity index (χ1v) is 11.2. The van der Waals surface area contributed by atoms with E-state index in [-0.39, 0.29) is 5.75 Å². The predicted molar refractivity (Wildman–Crippen MR) is 119 cm³/mol. The van der Waals surface area contributed by atoms with Crippen LogP contribution in [0.4, 0.5) is 5.95 Å². The highest BCUT2D eigenvalue weighted by Gasteiger charge is 2.23. The van der Waals surface area contributed by atoms with Crippen molar-refractivity contribution in [2.75, 3.05) is 50.6 Å². The van der Waals surface area contributed by atoms with Gasteiger partial charge in [0.15, 0.2) is 0 Å². The van der Waals surface area contributed by atoms with Gasteiger partial charge in [-0.2, -0.15) is 0 Å². The first-order chi connectivity index (χ1) is 14.6. The number of allylic oxidation sites excluding steroid dienone is 1. The molecule has 1 aliphatic carbocycles. The lowest BCUT2D eigenvalue weighted by Crippen LogP contribution is -2.37. The second-order valence-corrected chi connectivity index (χ2v) is 8.29. The summed E-state index contributed by atoms with van der Waals surface area (Å²) in [6.45, 7) is 7.96. The number of anilines is 1. The molecule has 8 heteroatoms. The molecular weight excluding hydrogens is 402 g/mol. The Labute approximate surface area is 182 Å². The average molecular weight is 432 g/mol. The minimum Gasteiger partial charge on any atom is -0.506 e. The number of alkyl halides is 1. The lowest BCUT2D eigenvalue weighted by molar-refractivity contribution is 0.0378. The summed E-state index contributed by atoms with van der Waals surface area (Å²) in [4.78, 5) is 11.8. The van der Waals surface area contributed by atoms with Crippen molar-refractivity contribution in [2.45, 2.75) is 26.3 Å². The summed E-state index contributed by atoms with van der Waals surface area (Å²) in [6.07, 6.45) is 6.07. The summed E-state index contributed by atoms with van der Waals surface area (Å²) in [5.41, 5.74) is 3.65. The SMILES string of the molecule is Cc1ccc(O)c(Cn2c(NCCCN3CCOCC3)nc3c2CC(CCl)C=C3)n1. The van der Waals surface area contributed by atoms with Gasteiger partial charge in [0, 0.05) is 36.9 Å².